The molecule has 0 spiro atoms. The fourth-order valence-corrected chi connectivity index (χ4v) is 3.87. The van der Waals surface area contributed by atoms with Gasteiger partial charge < -0.3 is 10.4 Å². The van der Waals surface area contributed by atoms with Crippen LogP contribution in [0.2, 0.25) is 0 Å². The van der Waals surface area contributed by atoms with E-state index in [0.717, 1.165) is 30.4 Å². The Morgan fingerprint density at radius 2 is 1.62 bits per heavy atom. The number of carboxylic acid groups (broad SMARTS) is 1. The lowest BCUT2D eigenvalue weighted by Crippen LogP contribution is -2.54. The van der Waals surface area contributed by atoms with Crippen molar-refractivity contribution >= 4 is 11.9 Å². The normalized spacial score (nSPS) is 17.6. The standard InChI is InChI=1S/C22H25NO3/c1-2-21(20(25)26,17-10-5-3-6-11-17)16-23-19(24)22(14-9-15-22)18-12-7-4-8-13-18/h3-8,10-13H,2,9,14-16H2,1H3,(H,23,24)(H,25,26). The van der Waals surface area contributed by atoms with E-state index in [1.165, 1.54) is 0 Å². The molecule has 4 heteroatoms. The Hall–Kier alpha value is -2.62. The summed E-state index contributed by atoms with van der Waals surface area (Å²) in [5.74, 6) is -0.973. The van der Waals surface area contributed by atoms with Crippen LogP contribution >= 0.6 is 0 Å². The maximum absolute atomic E-state index is 13.1. The van der Waals surface area contributed by atoms with Crippen LogP contribution in [0.25, 0.3) is 0 Å². The lowest BCUT2D eigenvalue weighted by molar-refractivity contribution is -0.144. The van der Waals surface area contributed by atoms with E-state index < -0.39 is 16.8 Å². The number of rotatable bonds is 7. The van der Waals surface area contributed by atoms with Crippen LogP contribution in [0.1, 0.15) is 43.7 Å². The van der Waals surface area contributed by atoms with E-state index in [9.17, 15) is 14.7 Å². The summed E-state index contributed by atoms with van der Waals surface area (Å²) in [6.07, 6.45) is 3.03. The van der Waals surface area contributed by atoms with Gasteiger partial charge in [0.05, 0.1) is 5.41 Å². The van der Waals surface area contributed by atoms with Crippen molar-refractivity contribution in [1.29, 1.82) is 0 Å². The highest BCUT2D eigenvalue weighted by atomic mass is 16.4. The third kappa shape index (κ3) is 3.00. The molecule has 1 fully saturated rings. The summed E-state index contributed by atoms with van der Waals surface area (Å²) in [6, 6.07) is 19.0. The van der Waals surface area contributed by atoms with Crippen LogP contribution in [0, 0.1) is 0 Å². The van der Waals surface area contributed by atoms with Crippen molar-refractivity contribution in [3.63, 3.8) is 0 Å². The van der Waals surface area contributed by atoms with Gasteiger partial charge in [-0.2, -0.15) is 0 Å². The van der Waals surface area contributed by atoms with Gasteiger partial charge in [-0.1, -0.05) is 74.0 Å². The largest absolute Gasteiger partial charge is 0.481 e. The molecular weight excluding hydrogens is 326 g/mol. The van der Waals surface area contributed by atoms with Crippen molar-refractivity contribution < 1.29 is 14.7 Å². The Labute approximate surface area is 154 Å². The van der Waals surface area contributed by atoms with Gasteiger partial charge in [0.2, 0.25) is 5.91 Å². The van der Waals surface area contributed by atoms with Gasteiger partial charge in [0.1, 0.15) is 5.41 Å². The number of benzene rings is 2. The minimum Gasteiger partial charge on any atom is -0.481 e. The molecule has 1 aliphatic rings. The lowest BCUT2D eigenvalue weighted by Gasteiger charge is -2.41. The predicted octanol–water partition coefficient (Wildman–Crippen LogP) is 3.66. The van der Waals surface area contributed by atoms with E-state index in [1.807, 2.05) is 67.6 Å². The number of hydrogen-bond donors (Lipinski definition) is 2. The monoisotopic (exact) mass is 351 g/mol. The highest BCUT2D eigenvalue weighted by molar-refractivity contribution is 5.90. The van der Waals surface area contributed by atoms with E-state index >= 15 is 0 Å². The number of carboxylic acids is 1. The zero-order chi connectivity index (χ0) is 18.6. The summed E-state index contributed by atoms with van der Waals surface area (Å²) in [5, 5.41) is 12.9. The minimum atomic E-state index is -1.11. The maximum Gasteiger partial charge on any atom is 0.315 e. The lowest BCUT2D eigenvalue weighted by atomic mass is 9.63. The van der Waals surface area contributed by atoms with Gasteiger partial charge in [-0.15, -0.1) is 0 Å². The van der Waals surface area contributed by atoms with Gasteiger partial charge in [-0.25, -0.2) is 0 Å². The highest BCUT2D eigenvalue weighted by Crippen LogP contribution is 2.44. The van der Waals surface area contributed by atoms with Crippen LogP contribution < -0.4 is 5.32 Å². The zero-order valence-electron chi connectivity index (χ0n) is 15.1. The van der Waals surface area contributed by atoms with Gasteiger partial charge in [0.25, 0.3) is 0 Å². The Bertz CT molecular complexity index is 768. The molecule has 0 radical (unpaired) electrons. The molecule has 1 atom stereocenters. The molecule has 26 heavy (non-hydrogen) atoms. The van der Waals surface area contributed by atoms with Crippen LogP contribution in [-0.4, -0.2) is 23.5 Å². The molecule has 0 heterocycles. The molecule has 1 amide bonds. The van der Waals surface area contributed by atoms with E-state index in [4.69, 9.17) is 0 Å². The molecule has 1 unspecified atom stereocenters. The third-order valence-corrected chi connectivity index (χ3v) is 5.86. The first-order chi connectivity index (χ1) is 12.5. The topological polar surface area (TPSA) is 66.4 Å². The fraction of sp³-hybridized carbons (Fsp3) is 0.364. The van der Waals surface area contributed by atoms with E-state index in [2.05, 4.69) is 5.32 Å². The molecule has 1 aliphatic carbocycles. The number of carbonyl (C=O) groups is 2. The predicted molar refractivity (Wildman–Crippen MR) is 101 cm³/mol. The molecule has 2 aromatic carbocycles. The van der Waals surface area contributed by atoms with E-state index in [-0.39, 0.29) is 12.5 Å². The number of amides is 1. The molecule has 2 N–H and O–H groups in total. The van der Waals surface area contributed by atoms with Crippen molar-refractivity contribution in [2.45, 2.75) is 43.4 Å². The third-order valence-electron chi connectivity index (χ3n) is 5.86. The van der Waals surface area contributed by atoms with Crippen LogP contribution in [-0.2, 0) is 20.4 Å². The highest BCUT2D eigenvalue weighted by Gasteiger charge is 2.47. The molecule has 0 bridgehead atoms. The first-order valence-corrected chi connectivity index (χ1v) is 9.18. The quantitative estimate of drug-likeness (QED) is 0.800. The zero-order valence-corrected chi connectivity index (χ0v) is 15.1. The SMILES string of the molecule is CCC(CNC(=O)C1(c2ccccc2)CCC1)(C(=O)O)c1ccccc1. The van der Waals surface area contributed by atoms with Crippen molar-refractivity contribution in [3.8, 4) is 0 Å². The van der Waals surface area contributed by atoms with Crippen LogP contribution in [0.4, 0.5) is 0 Å². The van der Waals surface area contributed by atoms with Gasteiger partial charge in [-0.05, 0) is 30.4 Å². The van der Waals surface area contributed by atoms with Gasteiger partial charge in [0, 0.05) is 6.54 Å². The van der Waals surface area contributed by atoms with E-state index in [1.54, 1.807) is 0 Å². The smallest absolute Gasteiger partial charge is 0.315 e. The van der Waals surface area contributed by atoms with Crippen LogP contribution in [0.3, 0.4) is 0 Å². The number of nitrogens with one attached hydrogen (secondary N) is 1. The molecule has 0 aliphatic heterocycles. The molecule has 0 aromatic heterocycles. The summed E-state index contributed by atoms with van der Waals surface area (Å²) >= 11 is 0. The van der Waals surface area contributed by atoms with Gasteiger partial charge in [-0.3, -0.25) is 9.59 Å². The van der Waals surface area contributed by atoms with Gasteiger partial charge >= 0.3 is 5.97 Å². The summed E-state index contributed by atoms with van der Waals surface area (Å²) in [6.45, 7) is 1.94. The Morgan fingerprint density at radius 3 is 2.08 bits per heavy atom. The number of hydrogen-bond acceptors (Lipinski definition) is 2. The first-order valence-electron chi connectivity index (χ1n) is 9.18. The molecule has 0 saturated heterocycles. The van der Waals surface area contributed by atoms with Crippen LogP contribution in [0.15, 0.2) is 60.7 Å². The second kappa shape index (κ2) is 7.32. The minimum absolute atomic E-state index is 0.0649. The van der Waals surface area contributed by atoms with Crippen molar-refractivity contribution in [1.82, 2.24) is 5.32 Å². The molecule has 136 valence electrons. The first kappa shape index (κ1) is 18.2. The second-order valence-electron chi connectivity index (χ2n) is 7.09. The molecule has 4 nitrogen and oxygen atoms in total. The average Bonchev–Trinajstić information content (AvgIpc) is 2.63. The maximum atomic E-state index is 13.1. The number of aliphatic carboxylic acids is 1. The second-order valence-corrected chi connectivity index (χ2v) is 7.09. The fourth-order valence-electron chi connectivity index (χ4n) is 3.87. The summed E-state index contributed by atoms with van der Waals surface area (Å²) < 4.78 is 0. The van der Waals surface area contributed by atoms with E-state index in [0.29, 0.717) is 6.42 Å². The van der Waals surface area contributed by atoms with Crippen molar-refractivity contribution in [2.75, 3.05) is 6.54 Å². The van der Waals surface area contributed by atoms with Crippen molar-refractivity contribution in [3.05, 3.63) is 71.8 Å². The molecule has 2 aromatic rings. The average molecular weight is 351 g/mol. The summed E-state index contributed by atoms with van der Waals surface area (Å²) in [5.41, 5.74) is 0.104. The molecular formula is C22H25NO3. The Kier molecular flexibility index (Phi) is 5.12. The van der Waals surface area contributed by atoms with Crippen molar-refractivity contribution in [2.24, 2.45) is 0 Å². The number of carbonyl (C=O) groups excluding carboxylic acids is 1. The summed E-state index contributed by atoms with van der Waals surface area (Å²) in [7, 11) is 0. The molecule has 1 saturated carbocycles. The summed E-state index contributed by atoms with van der Waals surface area (Å²) in [4.78, 5) is 25.2. The van der Waals surface area contributed by atoms with Gasteiger partial charge in [0.15, 0.2) is 0 Å². The molecule has 3 rings (SSSR count). The van der Waals surface area contributed by atoms with Crippen LogP contribution in [0.5, 0.6) is 0 Å². The Balaban J connectivity index is 1.83. The Morgan fingerprint density at radius 1 is 1.04 bits per heavy atom.